The topological polar surface area (TPSA) is 51.2 Å². The summed E-state index contributed by atoms with van der Waals surface area (Å²) in [5.74, 6) is 0.147. The average molecular weight is 435 g/mol. The molecule has 0 amide bonds. The molecule has 0 saturated carbocycles. The summed E-state index contributed by atoms with van der Waals surface area (Å²) in [6.45, 7) is 7.60. The first-order chi connectivity index (χ1) is 13.9. The third-order valence-corrected chi connectivity index (χ3v) is 5.04. The molecule has 2 aromatic rings. The lowest BCUT2D eigenvalue weighted by Crippen LogP contribution is -2.08. The summed E-state index contributed by atoms with van der Waals surface area (Å²) in [6.07, 6.45) is 2.74. The number of carbonyl (C=O) groups is 3. The number of aryl methyl sites for hydroxylation is 2. The Labute approximate surface area is 183 Å². The number of carbonyl (C=O) groups excluding carboxylic acids is 3. The molecule has 0 heterocycles. The van der Waals surface area contributed by atoms with E-state index in [2.05, 4.69) is 0 Å². The van der Waals surface area contributed by atoms with Crippen molar-refractivity contribution in [2.24, 2.45) is 0 Å². The average Bonchev–Trinajstić information content (AvgIpc) is 2.78. The fraction of sp³-hybridized carbons (Fsp3) is 0.375. The number of alkyl halides is 1. The molecule has 0 fully saturated rings. The first-order valence-electron chi connectivity index (χ1n) is 9.98. The van der Waals surface area contributed by atoms with Crippen LogP contribution in [-0.4, -0.2) is 22.7 Å². The van der Waals surface area contributed by atoms with Crippen LogP contribution in [0.25, 0.3) is 11.1 Å². The highest BCUT2D eigenvalue weighted by molar-refractivity contribution is 6.63. The summed E-state index contributed by atoms with van der Waals surface area (Å²) in [6, 6.07) is 11.7. The molecule has 1 aliphatic carbocycles. The zero-order valence-corrected chi connectivity index (χ0v) is 19.0. The monoisotopic (exact) mass is 434 g/mol. The number of hydrogen-bond acceptors (Lipinski definition) is 3. The molecule has 0 saturated heterocycles. The van der Waals surface area contributed by atoms with Crippen LogP contribution >= 0.6 is 23.2 Å². The van der Waals surface area contributed by atoms with Crippen molar-refractivity contribution >= 4 is 40.0 Å². The van der Waals surface area contributed by atoms with Gasteiger partial charge in [-0.15, -0.1) is 11.6 Å². The maximum atomic E-state index is 11.8. The molecule has 0 aliphatic heterocycles. The van der Waals surface area contributed by atoms with Crippen LogP contribution in [0.2, 0.25) is 0 Å². The van der Waals surface area contributed by atoms with Crippen LogP contribution in [0.4, 0.5) is 0 Å². The van der Waals surface area contributed by atoms with Gasteiger partial charge >= 0.3 is 0 Å². The summed E-state index contributed by atoms with van der Waals surface area (Å²) in [5, 5.41) is -0.273. The number of fused-ring (bicyclic) bond motifs is 3. The van der Waals surface area contributed by atoms with Gasteiger partial charge in [0.2, 0.25) is 5.24 Å². The minimum absolute atomic E-state index is 0.0118. The van der Waals surface area contributed by atoms with Crippen molar-refractivity contribution in [3.8, 4) is 11.1 Å². The maximum Gasteiger partial charge on any atom is 0.221 e. The van der Waals surface area contributed by atoms with Crippen molar-refractivity contribution in [2.75, 3.05) is 5.88 Å². The number of halogens is 2. The minimum Gasteiger partial charge on any atom is -0.294 e. The van der Waals surface area contributed by atoms with Gasteiger partial charge in [0.1, 0.15) is 0 Å². The zero-order chi connectivity index (χ0) is 22.0. The van der Waals surface area contributed by atoms with E-state index in [1.54, 1.807) is 6.92 Å². The lowest BCUT2D eigenvalue weighted by molar-refractivity contribution is -0.111. The Morgan fingerprint density at radius 3 is 1.55 bits per heavy atom. The molecule has 3 nitrogen and oxygen atoms in total. The fourth-order valence-electron chi connectivity index (χ4n) is 3.02. The van der Waals surface area contributed by atoms with Gasteiger partial charge in [0, 0.05) is 24.0 Å². The first-order valence-corrected chi connectivity index (χ1v) is 10.9. The lowest BCUT2D eigenvalue weighted by Gasteiger charge is -2.21. The summed E-state index contributed by atoms with van der Waals surface area (Å²) < 4.78 is 0. The Hall–Kier alpha value is -1.97. The van der Waals surface area contributed by atoms with Gasteiger partial charge in [0.15, 0.2) is 11.6 Å². The molecule has 0 bridgehead atoms. The highest BCUT2D eigenvalue weighted by Crippen LogP contribution is 2.34. The van der Waals surface area contributed by atoms with Crippen molar-refractivity contribution in [2.45, 2.75) is 53.4 Å². The predicted molar refractivity (Wildman–Crippen MR) is 121 cm³/mol. The molecule has 0 spiro atoms. The molecule has 156 valence electrons. The Balaban J connectivity index is 0.000000527. The summed E-state index contributed by atoms with van der Waals surface area (Å²) in [4.78, 5) is 33.2. The summed E-state index contributed by atoms with van der Waals surface area (Å²) >= 11 is 10.5. The number of rotatable bonds is 5. The van der Waals surface area contributed by atoms with Gasteiger partial charge in [-0.3, -0.25) is 14.4 Å². The van der Waals surface area contributed by atoms with Crippen LogP contribution in [0.1, 0.15) is 72.4 Å². The van der Waals surface area contributed by atoms with Crippen molar-refractivity contribution in [3.63, 3.8) is 0 Å². The van der Waals surface area contributed by atoms with Crippen LogP contribution < -0.4 is 0 Å². The maximum absolute atomic E-state index is 11.8. The number of hydrogen-bond donors (Lipinski definition) is 0. The van der Waals surface area contributed by atoms with E-state index in [1.165, 1.54) is 16.7 Å². The molecule has 0 radical (unpaired) electrons. The van der Waals surface area contributed by atoms with Gasteiger partial charge in [-0.05, 0) is 58.8 Å². The van der Waals surface area contributed by atoms with E-state index in [-0.39, 0.29) is 22.7 Å². The largest absolute Gasteiger partial charge is 0.294 e. The predicted octanol–water partition coefficient (Wildman–Crippen LogP) is 6.65. The molecule has 0 aromatic heterocycles. The van der Waals surface area contributed by atoms with E-state index in [4.69, 9.17) is 23.2 Å². The first kappa shape index (κ1) is 25.1. The highest BCUT2D eigenvalue weighted by atomic mass is 35.5. The van der Waals surface area contributed by atoms with Crippen LogP contribution in [-0.2, 0) is 17.6 Å². The molecule has 29 heavy (non-hydrogen) atoms. The summed E-state index contributed by atoms with van der Waals surface area (Å²) in [7, 11) is 0. The van der Waals surface area contributed by atoms with Gasteiger partial charge in [0.05, 0.1) is 5.88 Å². The molecule has 0 N–H and O–H groups in total. The van der Waals surface area contributed by atoms with Gasteiger partial charge in [0.25, 0.3) is 0 Å². The van der Waals surface area contributed by atoms with E-state index in [0.29, 0.717) is 18.4 Å². The highest BCUT2D eigenvalue weighted by Gasteiger charge is 2.18. The van der Waals surface area contributed by atoms with Gasteiger partial charge in [-0.2, -0.15) is 0 Å². The van der Waals surface area contributed by atoms with E-state index in [0.717, 1.165) is 24.0 Å². The Morgan fingerprint density at radius 2 is 1.21 bits per heavy atom. The van der Waals surface area contributed by atoms with Gasteiger partial charge in [-0.25, -0.2) is 0 Å². The second kappa shape index (κ2) is 12.6. The summed E-state index contributed by atoms with van der Waals surface area (Å²) in [5.41, 5.74) is 6.18. The zero-order valence-electron chi connectivity index (χ0n) is 17.5. The molecule has 0 atom stereocenters. The minimum atomic E-state index is -0.273. The van der Waals surface area contributed by atoms with Crippen LogP contribution in [0.3, 0.4) is 0 Å². The van der Waals surface area contributed by atoms with Crippen molar-refractivity contribution in [1.29, 1.82) is 0 Å². The molecular weight excluding hydrogens is 407 g/mol. The van der Waals surface area contributed by atoms with Crippen LogP contribution in [0.15, 0.2) is 36.4 Å². The molecule has 0 unspecified atom stereocenters. The number of Topliss-reactive ketones (excluding diaryl/α,β-unsaturated/α-hetero) is 2. The molecular formula is C24H28Cl2O3. The SMILES string of the molecule is CC.CCC(=O)Cl.CCC(=O)c1ccc2c(c1)CCc1cc(C(=O)CCl)ccc1-2. The Morgan fingerprint density at radius 1 is 0.793 bits per heavy atom. The van der Waals surface area contributed by atoms with E-state index < -0.39 is 0 Å². The van der Waals surface area contributed by atoms with Crippen molar-refractivity contribution < 1.29 is 14.4 Å². The molecule has 1 aliphatic rings. The third-order valence-electron chi connectivity index (χ3n) is 4.53. The third kappa shape index (κ3) is 6.80. The second-order valence-corrected chi connectivity index (χ2v) is 6.97. The quantitative estimate of drug-likeness (QED) is 0.300. The van der Waals surface area contributed by atoms with Gasteiger partial charge < -0.3 is 0 Å². The Bertz CT molecular complexity index is 807. The lowest BCUT2D eigenvalue weighted by atomic mass is 9.83. The van der Waals surface area contributed by atoms with Crippen LogP contribution in [0, 0.1) is 0 Å². The van der Waals surface area contributed by atoms with Crippen molar-refractivity contribution in [1.82, 2.24) is 0 Å². The standard InChI is InChI=1S/C19H17ClO2.C3H5ClO.C2H6/c1-2-18(21)14-5-7-16-12(9-14)3-4-13-10-15(19(22)11-20)6-8-17(13)16;1-2-3(4)5;1-2/h5-10H,2-4,11H2,1H3;2H2,1H3;1-2H3. The van der Waals surface area contributed by atoms with E-state index in [1.807, 2.05) is 57.2 Å². The molecule has 2 aromatic carbocycles. The van der Waals surface area contributed by atoms with Gasteiger partial charge in [-0.1, -0.05) is 52.0 Å². The van der Waals surface area contributed by atoms with Crippen molar-refractivity contribution in [3.05, 3.63) is 58.7 Å². The Kier molecular flexibility index (Phi) is 10.9. The number of ketones is 2. The smallest absolute Gasteiger partial charge is 0.221 e. The van der Waals surface area contributed by atoms with E-state index in [9.17, 15) is 14.4 Å². The normalized spacial score (nSPS) is 11.0. The fourth-order valence-corrected chi connectivity index (χ4v) is 3.18. The second-order valence-electron chi connectivity index (χ2n) is 6.29. The molecule has 3 rings (SSSR count). The number of benzene rings is 2. The van der Waals surface area contributed by atoms with Crippen LogP contribution in [0.5, 0.6) is 0 Å². The molecule has 5 heteroatoms. The van der Waals surface area contributed by atoms with E-state index >= 15 is 0 Å².